The molecule has 2 amide bonds. The highest BCUT2D eigenvalue weighted by atomic mass is 19.1. The highest BCUT2D eigenvalue weighted by Crippen LogP contribution is 2.44. The minimum Gasteiger partial charge on any atom is -0.482 e. The third-order valence-electron chi connectivity index (χ3n) is 5.69. The first kappa shape index (κ1) is 23.2. The number of amides is 2. The Hall–Kier alpha value is -3.98. The molecule has 9 heteroatoms. The van der Waals surface area contributed by atoms with Crippen LogP contribution < -0.4 is 10.6 Å². The van der Waals surface area contributed by atoms with Gasteiger partial charge in [0.15, 0.2) is 6.04 Å². The Morgan fingerprint density at radius 2 is 1.91 bits per heavy atom. The molecule has 2 aliphatic rings. The summed E-state index contributed by atoms with van der Waals surface area (Å²) in [5.74, 6) is -1.74. The maximum atomic E-state index is 13.6. The number of methoxy groups -OCH3 is 1. The third kappa shape index (κ3) is 4.17. The monoisotopic (exact) mass is 466 g/mol. The van der Waals surface area contributed by atoms with Gasteiger partial charge in [-0.1, -0.05) is 12.1 Å². The number of nitrogens with one attached hydrogen (secondary N) is 2. The first-order valence-electron chi connectivity index (χ1n) is 10.5. The fourth-order valence-electron chi connectivity index (χ4n) is 3.97. The van der Waals surface area contributed by atoms with Gasteiger partial charge in [0.1, 0.15) is 17.2 Å². The normalized spacial score (nSPS) is 19.0. The van der Waals surface area contributed by atoms with Gasteiger partial charge in [-0.3, -0.25) is 9.59 Å². The zero-order chi connectivity index (χ0) is 24.6. The van der Waals surface area contributed by atoms with Crippen molar-refractivity contribution in [2.45, 2.75) is 25.5 Å². The predicted octanol–water partition coefficient (Wildman–Crippen LogP) is 2.65. The lowest BCUT2D eigenvalue weighted by Gasteiger charge is -2.23. The van der Waals surface area contributed by atoms with Gasteiger partial charge in [-0.2, -0.15) is 0 Å². The summed E-state index contributed by atoms with van der Waals surface area (Å²) in [4.78, 5) is 36.6. The SMILES string of the molecule is COC(=O)[C@@H](CO)NC(=O)c1ccc(C2=CC(=C3C(=O)Nc4cc(F)ccc43)OC2(C)C)cc1. The van der Waals surface area contributed by atoms with E-state index in [2.05, 4.69) is 15.4 Å². The van der Waals surface area contributed by atoms with Crippen LogP contribution in [-0.2, 0) is 19.1 Å². The van der Waals surface area contributed by atoms with E-state index in [1.807, 2.05) is 13.8 Å². The lowest BCUT2D eigenvalue weighted by atomic mass is 9.91. The van der Waals surface area contributed by atoms with Crippen molar-refractivity contribution >= 4 is 34.6 Å². The molecule has 4 rings (SSSR count). The summed E-state index contributed by atoms with van der Waals surface area (Å²) in [5.41, 5.74) is 2.34. The first-order chi connectivity index (χ1) is 16.1. The molecule has 0 unspecified atom stereocenters. The smallest absolute Gasteiger partial charge is 0.330 e. The lowest BCUT2D eigenvalue weighted by Crippen LogP contribution is -2.44. The second-order valence-corrected chi connectivity index (χ2v) is 8.36. The van der Waals surface area contributed by atoms with E-state index in [-0.39, 0.29) is 11.5 Å². The van der Waals surface area contributed by atoms with Crippen molar-refractivity contribution in [1.29, 1.82) is 0 Å². The maximum absolute atomic E-state index is 13.6. The van der Waals surface area contributed by atoms with Crippen molar-refractivity contribution in [1.82, 2.24) is 5.32 Å². The maximum Gasteiger partial charge on any atom is 0.330 e. The van der Waals surface area contributed by atoms with Gasteiger partial charge in [0.05, 0.1) is 25.0 Å². The number of ether oxygens (including phenoxy) is 2. The molecular weight excluding hydrogens is 443 g/mol. The Kier molecular flexibility index (Phi) is 5.97. The molecule has 0 fully saturated rings. The summed E-state index contributed by atoms with van der Waals surface area (Å²) in [7, 11) is 1.17. The minimum absolute atomic E-state index is 0.285. The predicted molar refractivity (Wildman–Crippen MR) is 122 cm³/mol. The average Bonchev–Trinajstić information content (AvgIpc) is 3.30. The molecular formula is C25H23FN2O6. The van der Waals surface area contributed by atoms with Crippen molar-refractivity contribution in [3.05, 3.63) is 76.8 Å². The van der Waals surface area contributed by atoms with Crippen molar-refractivity contribution in [3.63, 3.8) is 0 Å². The zero-order valence-corrected chi connectivity index (χ0v) is 18.8. The number of allylic oxidation sites excluding steroid dienone is 1. The number of esters is 1. The van der Waals surface area contributed by atoms with Crippen LogP contribution in [0, 0.1) is 5.82 Å². The summed E-state index contributed by atoms with van der Waals surface area (Å²) in [6.07, 6.45) is 1.77. The van der Waals surface area contributed by atoms with Gasteiger partial charge >= 0.3 is 5.97 Å². The van der Waals surface area contributed by atoms with Crippen molar-refractivity contribution < 1.29 is 33.4 Å². The van der Waals surface area contributed by atoms with Crippen LogP contribution >= 0.6 is 0 Å². The molecule has 176 valence electrons. The summed E-state index contributed by atoms with van der Waals surface area (Å²) < 4.78 is 24.2. The molecule has 2 aromatic carbocycles. The van der Waals surface area contributed by atoms with Crippen LogP contribution in [0.5, 0.6) is 0 Å². The van der Waals surface area contributed by atoms with E-state index in [0.29, 0.717) is 22.6 Å². The van der Waals surface area contributed by atoms with Gasteiger partial charge in [0.2, 0.25) is 0 Å². The van der Waals surface area contributed by atoms with Crippen molar-refractivity contribution in [3.8, 4) is 0 Å². The standard InChI is InChI=1S/C25H23FN2O6/c1-25(2)17(11-20(34-25)21-16-9-8-15(26)10-18(16)27-23(21)31)13-4-6-14(7-5-13)22(30)28-19(12-29)24(32)33-3/h4-11,19,29H,12H2,1-3H3,(H,27,31)(H,28,30)/t19-/m1/s1. The lowest BCUT2D eigenvalue weighted by molar-refractivity contribution is -0.143. The van der Waals surface area contributed by atoms with E-state index >= 15 is 0 Å². The molecule has 34 heavy (non-hydrogen) atoms. The number of aliphatic hydroxyl groups is 1. The molecule has 3 N–H and O–H groups in total. The number of rotatable bonds is 5. The van der Waals surface area contributed by atoms with Crippen LogP contribution in [0.3, 0.4) is 0 Å². The zero-order valence-electron chi connectivity index (χ0n) is 18.8. The molecule has 1 atom stereocenters. The number of hydrogen-bond donors (Lipinski definition) is 3. The molecule has 2 aromatic rings. The number of carbonyl (C=O) groups excluding carboxylic acids is 3. The molecule has 0 radical (unpaired) electrons. The minimum atomic E-state index is -1.16. The van der Waals surface area contributed by atoms with E-state index in [9.17, 15) is 23.9 Å². The average molecular weight is 466 g/mol. The van der Waals surface area contributed by atoms with E-state index in [1.165, 1.54) is 25.3 Å². The number of hydrogen-bond acceptors (Lipinski definition) is 6. The van der Waals surface area contributed by atoms with E-state index in [0.717, 1.165) is 11.1 Å². The molecule has 2 heterocycles. The van der Waals surface area contributed by atoms with Crippen LogP contribution in [0.15, 0.2) is 54.3 Å². The number of anilines is 1. The van der Waals surface area contributed by atoms with Crippen LogP contribution in [-0.4, -0.2) is 48.2 Å². The highest BCUT2D eigenvalue weighted by molar-refractivity contribution is 6.32. The van der Waals surface area contributed by atoms with Crippen LogP contribution in [0.2, 0.25) is 0 Å². The van der Waals surface area contributed by atoms with Crippen LogP contribution in [0.25, 0.3) is 11.1 Å². The Morgan fingerprint density at radius 3 is 2.56 bits per heavy atom. The van der Waals surface area contributed by atoms with Gasteiger partial charge in [0.25, 0.3) is 11.8 Å². The fourth-order valence-corrected chi connectivity index (χ4v) is 3.97. The summed E-state index contributed by atoms with van der Waals surface area (Å²) in [5, 5.41) is 14.4. The first-order valence-corrected chi connectivity index (χ1v) is 10.5. The van der Waals surface area contributed by atoms with Gasteiger partial charge in [0, 0.05) is 16.7 Å². The molecule has 0 saturated heterocycles. The van der Waals surface area contributed by atoms with E-state index < -0.39 is 35.9 Å². The van der Waals surface area contributed by atoms with Crippen molar-refractivity contribution in [2.75, 3.05) is 19.0 Å². The van der Waals surface area contributed by atoms with Crippen molar-refractivity contribution in [2.24, 2.45) is 0 Å². The Labute approximate surface area is 195 Å². The Bertz CT molecular complexity index is 1250. The van der Waals surface area contributed by atoms with Gasteiger partial charge in [-0.25, -0.2) is 9.18 Å². The molecule has 2 aliphatic heterocycles. The number of benzene rings is 2. The Morgan fingerprint density at radius 1 is 1.21 bits per heavy atom. The van der Waals surface area contributed by atoms with Gasteiger partial charge in [-0.05, 0) is 55.8 Å². The van der Waals surface area contributed by atoms with E-state index in [4.69, 9.17) is 4.74 Å². The molecule has 0 saturated carbocycles. The molecule has 0 bridgehead atoms. The van der Waals surface area contributed by atoms with Crippen LogP contribution in [0.1, 0.15) is 35.3 Å². The molecule has 8 nitrogen and oxygen atoms in total. The molecule has 0 aromatic heterocycles. The van der Waals surface area contributed by atoms with Gasteiger partial charge in [-0.15, -0.1) is 0 Å². The number of fused-ring (bicyclic) bond motifs is 1. The quantitative estimate of drug-likeness (QED) is 0.461. The number of carbonyl (C=O) groups is 3. The highest BCUT2D eigenvalue weighted by Gasteiger charge is 2.38. The Balaban J connectivity index is 1.63. The van der Waals surface area contributed by atoms with E-state index in [1.54, 1.807) is 30.3 Å². The topological polar surface area (TPSA) is 114 Å². The second kappa shape index (κ2) is 8.75. The summed E-state index contributed by atoms with van der Waals surface area (Å²) in [6.45, 7) is 3.12. The molecule has 0 spiro atoms. The number of aliphatic hydroxyl groups excluding tert-OH is 1. The third-order valence-corrected chi connectivity index (χ3v) is 5.69. The second-order valence-electron chi connectivity index (χ2n) is 8.36. The van der Waals surface area contributed by atoms with Crippen LogP contribution in [0.4, 0.5) is 10.1 Å². The summed E-state index contributed by atoms with van der Waals surface area (Å²) in [6, 6.07) is 9.54. The fraction of sp³-hybridized carbons (Fsp3) is 0.240. The number of halogens is 1. The molecule has 0 aliphatic carbocycles. The van der Waals surface area contributed by atoms with Gasteiger partial charge < -0.3 is 25.2 Å². The largest absolute Gasteiger partial charge is 0.482 e. The summed E-state index contributed by atoms with van der Waals surface area (Å²) >= 11 is 0.